The van der Waals surface area contributed by atoms with Gasteiger partial charge in [0.2, 0.25) is 5.91 Å². The van der Waals surface area contributed by atoms with E-state index in [1.54, 1.807) is 24.4 Å². The Bertz CT molecular complexity index is 700. The van der Waals surface area contributed by atoms with Gasteiger partial charge in [-0.3, -0.25) is 19.5 Å². The van der Waals surface area contributed by atoms with Crippen LogP contribution in [0.15, 0.2) is 41.2 Å². The maximum atomic E-state index is 12.4. The minimum Gasteiger partial charge on any atom is -0.497 e. The highest BCUT2D eigenvalue weighted by molar-refractivity contribution is 7.80. The molecule has 0 radical (unpaired) electrons. The lowest BCUT2D eigenvalue weighted by molar-refractivity contribution is -0.140. The minimum atomic E-state index is -0.430. The van der Waals surface area contributed by atoms with Crippen molar-refractivity contribution in [2.45, 2.75) is 19.0 Å². The molecule has 1 aromatic rings. The Hall–Kier alpha value is -2.28. The fraction of sp³-hybridized carbons (Fsp3) is 0.353. The number of allylic oxidation sites excluding steroid dienone is 1. The normalized spacial score (nSPS) is 20.1. The third-order valence-electron chi connectivity index (χ3n) is 4.07. The molecule has 0 saturated heterocycles. The smallest absolute Gasteiger partial charge is 0.252 e. The molecule has 0 bridgehead atoms. The summed E-state index contributed by atoms with van der Waals surface area (Å²) < 4.78 is 5.13. The maximum Gasteiger partial charge on any atom is 0.252 e. The van der Waals surface area contributed by atoms with Gasteiger partial charge >= 0.3 is 0 Å². The molecule has 24 heavy (non-hydrogen) atoms. The molecule has 126 valence electrons. The summed E-state index contributed by atoms with van der Waals surface area (Å²) in [6.07, 6.45) is 3.93. The Morgan fingerprint density at radius 1 is 1.29 bits per heavy atom. The van der Waals surface area contributed by atoms with Crippen LogP contribution in [-0.2, 0) is 16.1 Å². The van der Waals surface area contributed by atoms with Crippen molar-refractivity contribution < 1.29 is 14.3 Å². The first-order valence-corrected chi connectivity index (χ1v) is 8.35. The van der Waals surface area contributed by atoms with Gasteiger partial charge in [0.1, 0.15) is 18.3 Å². The number of hydrogen-bond acceptors (Lipinski definition) is 5. The van der Waals surface area contributed by atoms with E-state index in [4.69, 9.17) is 4.74 Å². The van der Waals surface area contributed by atoms with Crippen LogP contribution in [0.25, 0.3) is 0 Å². The zero-order chi connectivity index (χ0) is 17.1. The number of nitrogens with zero attached hydrogens (tertiary/aromatic N) is 3. The number of hydrogen-bond donors (Lipinski definition) is 1. The van der Waals surface area contributed by atoms with Crippen molar-refractivity contribution in [2.75, 3.05) is 19.4 Å². The van der Waals surface area contributed by atoms with Crippen molar-refractivity contribution in [3.8, 4) is 5.75 Å². The van der Waals surface area contributed by atoms with Gasteiger partial charge in [-0.1, -0.05) is 12.1 Å². The number of methoxy groups -OCH3 is 1. The summed E-state index contributed by atoms with van der Waals surface area (Å²) in [5.41, 5.74) is 1.64. The summed E-state index contributed by atoms with van der Waals surface area (Å²) in [4.78, 5) is 32.2. The van der Waals surface area contributed by atoms with Gasteiger partial charge in [0.25, 0.3) is 5.91 Å². The van der Waals surface area contributed by atoms with Crippen LogP contribution in [0, 0.1) is 0 Å². The molecule has 7 heteroatoms. The second kappa shape index (κ2) is 7.09. The van der Waals surface area contributed by atoms with Gasteiger partial charge in [-0.05, 0) is 29.9 Å². The first kappa shape index (κ1) is 16.6. The molecule has 0 aliphatic carbocycles. The molecular weight excluding hydrogens is 326 g/mol. The number of aliphatic imine (C=N–C) groups is 1. The van der Waals surface area contributed by atoms with Gasteiger partial charge < -0.3 is 9.64 Å². The average Bonchev–Trinajstić information content (AvgIpc) is 2.60. The fourth-order valence-corrected chi connectivity index (χ4v) is 2.96. The third kappa shape index (κ3) is 3.31. The molecule has 3 rings (SSSR count). The van der Waals surface area contributed by atoms with Crippen LogP contribution in [0.3, 0.4) is 0 Å². The van der Waals surface area contributed by atoms with Crippen LogP contribution >= 0.6 is 12.6 Å². The second-order valence-corrected chi connectivity index (χ2v) is 6.10. The minimum absolute atomic E-state index is 0.0515. The molecular formula is C17H19N3O3S. The molecule has 2 aliphatic rings. The van der Waals surface area contributed by atoms with Crippen LogP contribution in [0.5, 0.6) is 5.75 Å². The van der Waals surface area contributed by atoms with Crippen LogP contribution in [0.2, 0.25) is 0 Å². The summed E-state index contributed by atoms with van der Waals surface area (Å²) in [6.45, 7) is 0.498. The van der Waals surface area contributed by atoms with Crippen LogP contribution in [-0.4, -0.2) is 53.3 Å². The first-order chi connectivity index (χ1) is 11.6. The van der Waals surface area contributed by atoms with Gasteiger partial charge in [-0.25, -0.2) is 0 Å². The van der Waals surface area contributed by atoms with Crippen molar-refractivity contribution in [3.63, 3.8) is 0 Å². The van der Waals surface area contributed by atoms with Gasteiger partial charge in [-0.15, -0.1) is 0 Å². The SMILES string of the molecule is COc1ccc(CN2C=C3C=NC(CCS)C(=O)N3CC2=O)cc1. The molecule has 2 aliphatic heterocycles. The summed E-state index contributed by atoms with van der Waals surface area (Å²) in [5, 5.41) is 0. The molecule has 1 aromatic carbocycles. The predicted octanol–water partition coefficient (Wildman–Crippen LogP) is 1.48. The number of amides is 2. The molecule has 6 nitrogen and oxygen atoms in total. The molecule has 0 N–H and O–H groups in total. The highest BCUT2D eigenvalue weighted by Gasteiger charge is 2.34. The van der Waals surface area contributed by atoms with Crippen molar-refractivity contribution in [1.82, 2.24) is 9.80 Å². The van der Waals surface area contributed by atoms with Crippen molar-refractivity contribution >= 4 is 30.7 Å². The molecule has 2 amide bonds. The molecule has 0 spiro atoms. The Balaban J connectivity index is 1.78. The lowest BCUT2D eigenvalue weighted by atomic mass is 10.1. The van der Waals surface area contributed by atoms with E-state index in [1.807, 2.05) is 24.3 Å². The Morgan fingerprint density at radius 3 is 2.71 bits per heavy atom. The summed E-state index contributed by atoms with van der Waals surface area (Å²) in [5.74, 6) is 1.12. The molecule has 0 fully saturated rings. The summed E-state index contributed by atoms with van der Waals surface area (Å²) in [7, 11) is 1.61. The fourth-order valence-electron chi connectivity index (χ4n) is 2.72. The summed E-state index contributed by atoms with van der Waals surface area (Å²) in [6, 6.07) is 7.12. The molecule has 0 saturated carbocycles. The third-order valence-corrected chi connectivity index (χ3v) is 4.32. The Morgan fingerprint density at radius 2 is 2.04 bits per heavy atom. The topological polar surface area (TPSA) is 62.2 Å². The van der Waals surface area contributed by atoms with Crippen molar-refractivity contribution in [3.05, 3.63) is 41.7 Å². The number of carbonyl (C=O) groups is 2. The molecule has 2 heterocycles. The number of ether oxygens (including phenoxy) is 1. The quantitative estimate of drug-likeness (QED) is 0.823. The van der Waals surface area contributed by atoms with E-state index in [9.17, 15) is 9.59 Å². The number of thiol groups is 1. The zero-order valence-corrected chi connectivity index (χ0v) is 14.3. The molecule has 0 aromatic heterocycles. The standard InChI is InChI=1S/C17H19N3O3S/c1-23-14-4-2-12(3-5-14)9-19-10-13-8-18-15(6-7-24)17(22)20(13)11-16(19)21/h2-5,8,10,15,24H,6-7,9,11H2,1H3. The second-order valence-electron chi connectivity index (χ2n) is 5.65. The monoisotopic (exact) mass is 345 g/mol. The van der Waals surface area contributed by atoms with E-state index in [2.05, 4.69) is 17.6 Å². The molecule has 1 unspecified atom stereocenters. The van der Waals surface area contributed by atoms with E-state index >= 15 is 0 Å². The van der Waals surface area contributed by atoms with E-state index in [0.29, 0.717) is 24.4 Å². The highest BCUT2D eigenvalue weighted by atomic mass is 32.1. The van der Waals surface area contributed by atoms with E-state index in [1.165, 1.54) is 4.90 Å². The van der Waals surface area contributed by atoms with Gasteiger partial charge in [0.15, 0.2) is 0 Å². The first-order valence-electron chi connectivity index (χ1n) is 7.72. The van der Waals surface area contributed by atoms with E-state index in [0.717, 1.165) is 11.3 Å². The maximum absolute atomic E-state index is 12.4. The zero-order valence-electron chi connectivity index (χ0n) is 13.4. The Labute approximate surface area is 146 Å². The summed E-state index contributed by atoms with van der Waals surface area (Å²) >= 11 is 4.15. The van der Waals surface area contributed by atoms with Crippen molar-refractivity contribution in [1.29, 1.82) is 0 Å². The van der Waals surface area contributed by atoms with Crippen LogP contribution in [0.1, 0.15) is 12.0 Å². The lowest BCUT2D eigenvalue weighted by Gasteiger charge is -2.35. The number of carbonyl (C=O) groups excluding carboxylic acids is 2. The van der Waals surface area contributed by atoms with E-state index in [-0.39, 0.29) is 18.4 Å². The van der Waals surface area contributed by atoms with Crippen LogP contribution in [0.4, 0.5) is 0 Å². The molecule has 1 atom stereocenters. The lowest BCUT2D eigenvalue weighted by Crippen LogP contribution is -2.50. The highest BCUT2D eigenvalue weighted by Crippen LogP contribution is 2.22. The number of fused-ring (bicyclic) bond motifs is 1. The predicted molar refractivity (Wildman–Crippen MR) is 94.1 cm³/mol. The van der Waals surface area contributed by atoms with Gasteiger partial charge in [0.05, 0.1) is 19.4 Å². The average molecular weight is 345 g/mol. The van der Waals surface area contributed by atoms with Crippen molar-refractivity contribution in [2.24, 2.45) is 4.99 Å². The van der Waals surface area contributed by atoms with Crippen LogP contribution < -0.4 is 4.74 Å². The van der Waals surface area contributed by atoms with Gasteiger partial charge in [-0.2, -0.15) is 12.6 Å². The van der Waals surface area contributed by atoms with Gasteiger partial charge in [0, 0.05) is 12.4 Å². The number of rotatable bonds is 5. The van der Waals surface area contributed by atoms with E-state index < -0.39 is 6.04 Å². The largest absolute Gasteiger partial charge is 0.497 e. The number of benzene rings is 1. The Kier molecular flexibility index (Phi) is 4.89.